The van der Waals surface area contributed by atoms with Gasteiger partial charge >= 0.3 is 0 Å². The number of hydrogen-bond donors (Lipinski definition) is 0. The normalized spacial score (nSPS) is 47.8. The molecule has 0 aromatic carbocycles. The van der Waals surface area contributed by atoms with Crippen LogP contribution in [0.25, 0.3) is 0 Å². The summed E-state index contributed by atoms with van der Waals surface area (Å²) in [7, 11) is 0. The molecular weight excluding hydrogens is 266 g/mol. The lowest BCUT2D eigenvalue weighted by Crippen LogP contribution is -2.45. The number of halogens is 1. The highest BCUT2D eigenvalue weighted by molar-refractivity contribution is 8.13. The number of rotatable bonds is 2. The number of hydrogen-bond acceptors (Lipinski definition) is 3. The predicted octanol–water partition coefficient (Wildman–Crippen LogP) is 3.93. The van der Waals surface area contributed by atoms with Gasteiger partial charge in [-0.25, -0.2) is 4.99 Å². The van der Waals surface area contributed by atoms with Gasteiger partial charge in [0.15, 0.2) is 0 Å². The Balaban J connectivity index is 1.85. The van der Waals surface area contributed by atoms with Crippen molar-refractivity contribution < 1.29 is 4.74 Å². The van der Waals surface area contributed by atoms with Crippen molar-refractivity contribution in [3.63, 3.8) is 0 Å². The van der Waals surface area contributed by atoms with Crippen LogP contribution < -0.4 is 0 Å². The molecule has 18 heavy (non-hydrogen) atoms. The van der Waals surface area contributed by atoms with Crippen molar-refractivity contribution in [1.82, 2.24) is 0 Å². The van der Waals surface area contributed by atoms with Crippen molar-refractivity contribution in [1.29, 1.82) is 0 Å². The first kappa shape index (κ1) is 13.1. The van der Waals surface area contributed by atoms with Crippen LogP contribution in [0.15, 0.2) is 4.99 Å². The smallest absolute Gasteiger partial charge is 0.246 e. The Morgan fingerprint density at radius 2 is 2.06 bits per heavy atom. The molecule has 0 amide bonds. The molecule has 3 aliphatic rings. The van der Waals surface area contributed by atoms with E-state index in [4.69, 9.17) is 21.3 Å². The van der Waals surface area contributed by atoms with Crippen molar-refractivity contribution in [2.24, 2.45) is 22.2 Å². The highest BCUT2D eigenvalue weighted by Crippen LogP contribution is 2.63. The molecule has 4 heteroatoms. The summed E-state index contributed by atoms with van der Waals surface area (Å²) >= 11 is 7.58. The van der Waals surface area contributed by atoms with Gasteiger partial charge in [-0.2, -0.15) is 0 Å². The molecule has 2 aliphatic carbocycles. The van der Waals surface area contributed by atoms with Gasteiger partial charge in [-0.3, -0.25) is 0 Å². The van der Waals surface area contributed by atoms with E-state index in [1.165, 1.54) is 19.3 Å². The highest BCUT2D eigenvalue weighted by Gasteiger charge is 2.60. The molecule has 0 N–H and O–H groups in total. The zero-order valence-corrected chi connectivity index (χ0v) is 13.0. The number of fused-ring (bicyclic) bond motifs is 2. The molecular formula is C14H22ClNOS. The predicted molar refractivity (Wildman–Crippen MR) is 78.5 cm³/mol. The standard InChI is InChI=1S/C14H22ClNOS/c1-13(2)9-4-5-10(6-9)14(13,3)16-12-17-11(7-15)8-18-12/h9-11H,4-8H2,1-3H3/t9-,10-,11-,14-/m1/s1. The van der Waals surface area contributed by atoms with Crippen LogP contribution in [0, 0.1) is 17.3 Å². The summed E-state index contributed by atoms with van der Waals surface area (Å²) in [5, 5.41) is 0.878. The average molecular weight is 288 g/mol. The quantitative estimate of drug-likeness (QED) is 0.718. The van der Waals surface area contributed by atoms with Gasteiger partial charge in [0.25, 0.3) is 0 Å². The molecule has 2 bridgehead atoms. The summed E-state index contributed by atoms with van der Waals surface area (Å²) in [6.07, 6.45) is 4.23. The first-order chi connectivity index (χ1) is 8.47. The summed E-state index contributed by atoms with van der Waals surface area (Å²) in [6.45, 7) is 7.11. The minimum absolute atomic E-state index is 0.0550. The van der Waals surface area contributed by atoms with E-state index in [1.807, 2.05) is 0 Å². The second-order valence-corrected chi connectivity index (χ2v) is 7.94. The maximum absolute atomic E-state index is 5.85. The highest BCUT2D eigenvalue weighted by atomic mass is 35.5. The fourth-order valence-corrected chi connectivity index (χ4v) is 5.30. The van der Waals surface area contributed by atoms with E-state index < -0.39 is 0 Å². The second kappa shape index (κ2) is 4.31. The van der Waals surface area contributed by atoms with Gasteiger partial charge in [0.2, 0.25) is 5.23 Å². The Hall–Kier alpha value is 0.110. The minimum atomic E-state index is 0.0550. The maximum atomic E-state index is 5.85. The molecule has 0 unspecified atom stereocenters. The van der Waals surface area contributed by atoms with Crippen molar-refractivity contribution in [2.75, 3.05) is 11.6 Å². The van der Waals surface area contributed by atoms with Gasteiger partial charge in [-0.1, -0.05) is 25.6 Å². The van der Waals surface area contributed by atoms with Crippen molar-refractivity contribution in [3.05, 3.63) is 0 Å². The van der Waals surface area contributed by atoms with E-state index in [0.717, 1.165) is 22.8 Å². The molecule has 0 spiro atoms. The fourth-order valence-electron chi connectivity index (χ4n) is 4.02. The van der Waals surface area contributed by atoms with Crippen molar-refractivity contribution in [2.45, 2.75) is 51.7 Å². The molecule has 3 rings (SSSR count). The second-order valence-electron chi connectivity index (χ2n) is 6.66. The summed E-state index contributed by atoms with van der Waals surface area (Å²) in [5.41, 5.74) is 0.353. The molecule has 1 aliphatic heterocycles. The third-order valence-corrected chi connectivity index (χ3v) is 7.03. The van der Waals surface area contributed by atoms with Crippen LogP contribution in [0.4, 0.5) is 0 Å². The van der Waals surface area contributed by atoms with E-state index in [2.05, 4.69) is 20.8 Å². The molecule has 0 aromatic heterocycles. The van der Waals surface area contributed by atoms with E-state index in [0.29, 0.717) is 11.3 Å². The van der Waals surface area contributed by atoms with Crippen LogP contribution in [0.5, 0.6) is 0 Å². The molecule has 1 saturated heterocycles. The number of aliphatic imine (C=N–C) groups is 1. The van der Waals surface area contributed by atoms with Crippen molar-refractivity contribution >= 4 is 28.6 Å². The lowest BCUT2D eigenvalue weighted by Gasteiger charge is -2.44. The van der Waals surface area contributed by atoms with Crippen molar-refractivity contribution in [3.8, 4) is 0 Å². The third kappa shape index (κ3) is 1.73. The van der Waals surface area contributed by atoms with Gasteiger partial charge in [0, 0.05) is 5.75 Å². The molecule has 2 saturated carbocycles. The Kier molecular flexibility index (Phi) is 3.14. The average Bonchev–Trinajstić information content (AvgIpc) is 2.99. The maximum Gasteiger partial charge on any atom is 0.246 e. The minimum Gasteiger partial charge on any atom is -0.468 e. The van der Waals surface area contributed by atoms with Gasteiger partial charge in [-0.05, 0) is 43.4 Å². The Morgan fingerprint density at radius 1 is 1.33 bits per heavy atom. The van der Waals surface area contributed by atoms with Crippen LogP contribution in [0.2, 0.25) is 0 Å². The Labute approximate surface area is 119 Å². The molecule has 0 aromatic rings. The molecule has 1 heterocycles. The SMILES string of the molecule is CC1(C)[C@@H]2CC[C@H](C2)[C@@]1(C)N=C1O[C@H](CCl)CS1. The van der Waals surface area contributed by atoms with Crippen LogP contribution in [-0.2, 0) is 4.74 Å². The Bertz CT molecular complexity index is 384. The Morgan fingerprint density at radius 3 is 2.61 bits per heavy atom. The van der Waals surface area contributed by atoms with Crippen LogP contribution in [0.3, 0.4) is 0 Å². The fraction of sp³-hybridized carbons (Fsp3) is 0.929. The topological polar surface area (TPSA) is 21.6 Å². The summed E-state index contributed by atoms with van der Waals surface area (Å²) < 4.78 is 5.82. The number of thioether (sulfide) groups is 1. The first-order valence-electron chi connectivity index (χ1n) is 6.92. The van der Waals surface area contributed by atoms with E-state index in [9.17, 15) is 0 Å². The van der Waals surface area contributed by atoms with E-state index >= 15 is 0 Å². The van der Waals surface area contributed by atoms with Gasteiger partial charge < -0.3 is 4.74 Å². The molecule has 102 valence electrons. The number of nitrogens with zero attached hydrogens (tertiary/aromatic N) is 1. The van der Waals surface area contributed by atoms with E-state index in [1.54, 1.807) is 11.8 Å². The monoisotopic (exact) mass is 287 g/mol. The molecule has 4 atom stereocenters. The summed E-state index contributed by atoms with van der Waals surface area (Å²) in [6, 6.07) is 0. The van der Waals surface area contributed by atoms with Gasteiger partial charge in [-0.15, -0.1) is 11.6 Å². The molecule has 2 nitrogen and oxygen atoms in total. The van der Waals surface area contributed by atoms with Gasteiger partial charge in [0.1, 0.15) is 6.10 Å². The lowest BCUT2D eigenvalue weighted by atomic mass is 9.64. The largest absolute Gasteiger partial charge is 0.468 e. The summed E-state index contributed by atoms with van der Waals surface area (Å²) in [5.74, 6) is 3.10. The first-order valence-corrected chi connectivity index (χ1v) is 8.44. The van der Waals surface area contributed by atoms with Crippen LogP contribution >= 0.6 is 23.4 Å². The van der Waals surface area contributed by atoms with E-state index in [-0.39, 0.29) is 11.6 Å². The molecule has 0 radical (unpaired) electrons. The third-order valence-electron chi connectivity index (χ3n) is 5.71. The summed E-state index contributed by atoms with van der Waals surface area (Å²) in [4.78, 5) is 5.04. The number of alkyl halides is 1. The van der Waals surface area contributed by atoms with Crippen LogP contribution in [0.1, 0.15) is 40.0 Å². The zero-order valence-electron chi connectivity index (χ0n) is 11.4. The zero-order chi connectivity index (χ0) is 13.0. The number of ether oxygens (including phenoxy) is 1. The van der Waals surface area contributed by atoms with Crippen LogP contribution in [-0.4, -0.2) is 28.5 Å². The molecule has 3 fully saturated rings. The lowest BCUT2D eigenvalue weighted by molar-refractivity contribution is 0.100. The van der Waals surface area contributed by atoms with Gasteiger partial charge in [0.05, 0.1) is 11.4 Å².